The molecule has 0 radical (unpaired) electrons. The van der Waals surface area contributed by atoms with Crippen molar-refractivity contribution in [3.63, 3.8) is 0 Å². The maximum Gasteiger partial charge on any atom is 0.411 e. The molecular formula is C12H19NO6. The highest BCUT2D eigenvalue weighted by Crippen LogP contribution is 2.39. The summed E-state index contributed by atoms with van der Waals surface area (Å²) in [6.07, 6.45) is -0.875. The Balaban J connectivity index is 2.06. The van der Waals surface area contributed by atoms with Gasteiger partial charge in [-0.15, -0.1) is 0 Å². The second-order valence-electron chi connectivity index (χ2n) is 4.93. The van der Waals surface area contributed by atoms with E-state index in [-0.39, 0.29) is 18.8 Å². The molecule has 2 heterocycles. The van der Waals surface area contributed by atoms with Crippen molar-refractivity contribution in [3.05, 3.63) is 0 Å². The largest absolute Gasteiger partial charge is 0.467 e. The number of amides is 1. The first kappa shape index (κ1) is 14.1. The Bertz CT molecular complexity index is 382. The highest BCUT2D eigenvalue weighted by atomic mass is 16.7. The fraction of sp³-hybridized carbons (Fsp3) is 0.833. The molecule has 7 nitrogen and oxygen atoms in total. The summed E-state index contributed by atoms with van der Waals surface area (Å²) in [5.41, 5.74) is 0. The predicted octanol–water partition coefficient (Wildman–Crippen LogP) is 0.520. The fourth-order valence-corrected chi connectivity index (χ4v) is 2.32. The van der Waals surface area contributed by atoms with Crippen molar-refractivity contribution in [2.75, 3.05) is 20.3 Å². The summed E-state index contributed by atoms with van der Waals surface area (Å²) in [5.74, 6) is -1.17. The summed E-state index contributed by atoms with van der Waals surface area (Å²) in [4.78, 5) is 24.8. The van der Waals surface area contributed by atoms with Crippen LogP contribution in [0.3, 0.4) is 0 Å². The van der Waals surface area contributed by atoms with Gasteiger partial charge in [0.15, 0.2) is 11.8 Å². The van der Waals surface area contributed by atoms with Crippen LogP contribution in [0.1, 0.15) is 20.8 Å². The standard InChI is InChI=1S/C12H19NO6/c1-5-17-11(15)13-8(9(13)10(14)16-4)7-6-18-12(2,3)19-7/h7-9H,5-6H2,1-4H3/t7-,8+,9-,13?/m1/s1. The first-order valence-electron chi connectivity index (χ1n) is 6.26. The minimum absolute atomic E-state index is 0.253. The van der Waals surface area contributed by atoms with Crippen LogP contribution in [0.5, 0.6) is 0 Å². The Morgan fingerprint density at radius 2 is 2.11 bits per heavy atom. The molecule has 7 heteroatoms. The normalized spacial score (nSPS) is 32.0. The molecule has 2 saturated heterocycles. The number of hydrogen-bond donors (Lipinski definition) is 0. The van der Waals surface area contributed by atoms with Crippen LogP contribution in [0, 0.1) is 0 Å². The Kier molecular flexibility index (Phi) is 3.69. The molecule has 2 fully saturated rings. The molecule has 1 amide bonds. The average molecular weight is 273 g/mol. The highest BCUT2D eigenvalue weighted by Gasteiger charge is 2.63. The quantitative estimate of drug-likeness (QED) is 0.551. The molecule has 0 N–H and O–H groups in total. The van der Waals surface area contributed by atoms with Crippen LogP contribution < -0.4 is 0 Å². The number of carbonyl (C=O) groups excluding carboxylic acids is 2. The van der Waals surface area contributed by atoms with Crippen molar-refractivity contribution in [1.82, 2.24) is 4.90 Å². The van der Waals surface area contributed by atoms with Crippen LogP contribution in [0.25, 0.3) is 0 Å². The highest BCUT2D eigenvalue weighted by molar-refractivity contribution is 5.88. The molecule has 0 unspecified atom stereocenters. The maximum atomic E-state index is 11.8. The Hall–Kier alpha value is -1.34. The van der Waals surface area contributed by atoms with Gasteiger partial charge in [-0.25, -0.2) is 9.59 Å². The summed E-state index contributed by atoms with van der Waals surface area (Å²) >= 11 is 0. The summed E-state index contributed by atoms with van der Waals surface area (Å²) in [7, 11) is 1.29. The van der Waals surface area contributed by atoms with Gasteiger partial charge in [-0.3, -0.25) is 4.90 Å². The minimum Gasteiger partial charge on any atom is -0.467 e. The first-order chi connectivity index (χ1) is 8.91. The van der Waals surface area contributed by atoms with E-state index in [1.54, 1.807) is 20.8 Å². The first-order valence-corrected chi connectivity index (χ1v) is 6.26. The van der Waals surface area contributed by atoms with Gasteiger partial charge in [0.2, 0.25) is 0 Å². The Labute approximate surface area is 111 Å². The van der Waals surface area contributed by atoms with E-state index in [0.29, 0.717) is 6.61 Å². The van der Waals surface area contributed by atoms with Crippen molar-refractivity contribution in [2.24, 2.45) is 0 Å². The Morgan fingerprint density at radius 1 is 1.42 bits per heavy atom. The number of ether oxygens (including phenoxy) is 4. The summed E-state index contributed by atoms with van der Waals surface area (Å²) < 4.78 is 20.7. The van der Waals surface area contributed by atoms with Crippen molar-refractivity contribution < 1.29 is 28.5 Å². The molecule has 2 rings (SSSR count). The zero-order valence-electron chi connectivity index (χ0n) is 11.5. The van der Waals surface area contributed by atoms with Gasteiger partial charge in [0, 0.05) is 0 Å². The van der Waals surface area contributed by atoms with E-state index in [4.69, 9.17) is 14.2 Å². The molecule has 108 valence electrons. The number of nitrogens with zero attached hydrogens (tertiary/aromatic N) is 1. The van der Waals surface area contributed by atoms with Gasteiger partial charge in [0.1, 0.15) is 6.10 Å². The van der Waals surface area contributed by atoms with E-state index >= 15 is 0 Å². The molecule has 0 aromatic carbocycles. The van der Waals surface area contributed by atoms with E-state index < -0.39 is 23.9 Å². The molecule has 0 bridgehead atoms. The monoisotopic (exact) mass is 273 g/mol. The van der Waals surface area contributed by atoms with Crippen molar-refractivity contribution in [2.45, 2.75) is 44.7 Å². The van der Waals surface area contributed by atoms with Crippen LogP contribution in [0.15, 0.2) is 0 Å². The number of rotatable bonds is 3. The zero-order chi connectivity index (χ0) is 14.2. The van der Waals surface area contributed by atoms with Crippen molar-refractivity contribution >= 4 is 12.1 Å². The molecule has 0 saturated carbocycles. The van der Waals surface area contributed by atoms with Crippen LogP contribution in [0.2, 0.25) is 0 Å². The third-order valence-corrected chi connectivity index (χ3v) is 3.19. The second kappa shape index (κ2) is 4.97. The lowest BCUT2D eigenvalue weighted by Gasteiger charge is -2.16. The van der Waals surface area contributed by atoms with Crippen molar-refractivity contribution in [1.29, 1.82) is 0 Å². The van der Waals surface area contributed by atoms with Gasteiger partial charge < -0.3 is 18.9 Å². The lowest BCUT2D eigenvalue weighted by Crippen LogP contribution is -2.28. The van der Waals surface area contributed by atoms with Gasteiger partial charge in [-0.05, 0) is 20.8 Å². The SMILES string of the molecule is CCOC(=O)N1[C@@H]([C@H]2COC(C)(C)O2)[C@@H]1C(=O)OC. The third kappa shape index (κ3) is 2.66. The summed E-state index contributed by atoms with van der Waals surface area (Å²) in [5, 5.41) is 0. The van der Waals surface area contributed by atoms with Gasteiger partial charge in [0.05, 0.1) is 26.4 Å². The van der Waals surface area contributed by atoms with Gasteiger partial charge in [-0.1, -0.05) is 0 Å². The predicted molar refractivity (Wildman–Crippen MR) is 63.4 cm³/mol. The molecule has 0 spiro atoms. The number of hydrogen-bond acceptors (Lipinski definition) is 6. The number of methoxy groups -OCH3 is 1. The van der Waals surface area contributed by atoms with E-state index in [0.717, 1.165) is 0 Å². The molecule has 0 aromatic rings. The zero-order valence-corrected chi connectivity index (χ0v) is 11.5. The van der Waals surface area contributed by atoms with Crippen LogP contribution in [0.4, 0.5) is 4.79 Å². The fourth-order valence-electron chi connectivity index (χ4n) is 2.32. The van der Waals surface area contributed by atoms with E-state index in [1.165, 1.54) is 12.0 Å². The molecule has 0 aliphatic carbocycles. The molecule has 2 aliphatic rings. The topological polar surface area (TPSA) is 74.1 Å². The van der Waals surface area contributed by atoms with Crippen LogP contribution >= 0.6 is 0 Å². The van der Waals surface area contributed by atoms with E-state index in [1.807, 2.05) is 0 Å². The smallest absolute Gasteiger partial charge is 0.411 e. The summed E-state index contributed by atoms with van der Waals surface area (Å²) in [6, 6.07) is -1.03. The minimum atomic E-state index is -0.700. The number of esters is 1. The van der Waals surface area contributed by atoms with Crippen LogP contribution in [-0.2, 0) is 23.7 Å². The molecule has 2 aliphatic heterocycles. The molecule has 19 heavy (non-hydrogen) atoms. The lowest BCUT2D eigenvalue weighted by molar-refractivity contribution is -0.143. The number of carbonyl (C=O) groups is 2. The van der Waals surface area contributed by atoms with Gasteiger partial charge in [-0.2, -0.15) is 0 Å². The molecule has 0 aromatic heterocycles. The van der Waals surface area contributed by atoms with Crippen molar-refractivity contribution in [3.8, 4) is 0 Å². The third-order valence-electron chi connectivity index (χ3n) is 3.19. The van der Waals surface area contributed by atoms with E-state index in [9.17, 15) is 9.59 Å². The van der Waals surface area contributed by atoms with Gasteiger partial charge in [0.25, 0.3) is 0 Å². The Morgan fingerprint density at radius 3 is 2.58 bits per heavy atom. The summed E-state index contributed by atoms with van der Waals surface area (Å²) in [6.45, 7) is 5.88. The van der Waals surface area contributed by atoms with Gasteiger partial charge >= 0.3 is 12.1 Å². The molecule has 3 atom stereocenters. The second-order valence-corrected chi connectivity index (χ2v) is 4.93. The van der Waals surface area contributed by atoms with E-state index in [2.05, 4.69) is 4.74 Å². The average Bonchev–Trinajstić information content (AvgIpc) is 3.00. The van der Waals surface area contributed by atoms with Crippen LogP contribution in [-0.4, -0.2) is 61.3 Å². The lowest BCUT2D eigenvalue weighted by atomic mass is 10.2. The molecular weight excluding hydrogens is 254 g/mol. The maximum absolute atomic E-state index is 11.8.